The number of aromatic nitrogens is 5. The van der Waals surface area contributed by atoms with Gasteiger partial charge in [0, 0.05) is 50.8 Å². The number of amides is 1. The van der Waals surface area contributed by atoms with Gasteiger partial charge in [0.15, 0.2) is 0 Å². The van der Waals surface area contributed by atoms with Gasteiger partial charge in [-0.3, -0.25) is 10.1 Å². The summed E-state index contributed by atoms with van der Waals surface area (Å²) in [7, 11) is 2.12. The number of imidazole rings is 2. The molecule has 10 nitrogen and oxygen atoms in total. The number of aryl methyl sites for hydroxylation is 1. The van der Waals surface area contributed by atoms with Crippen LogP contribution in [0.1, 0.15) is 17.3 Å². The number of thiazole rings is 1. The lowest BCUT2D eigenvalue weighted by atomic mass is 10.1. The number of aromatic amines is 1. The molecule has 3 N–H and O–H groups in total. The predicted molar refractivity (Wildman–Crippen MR) is 145 cm³/mol. The van der Waals surface area contributed by atoms with Gasteiger partial charge in [-0.15, -0.1) is 11.3 Å². The Morgan fingerprint density at radius 1 is 1.11 bits per heavy atom. The van der Waals surface area contributed by atoms with Gasteiger partial charge in [-0.05, 0) is 44.3 Å². The fourth-order valence-corrected chi connectivity index (χ4v) is 5.24. The maximum absolute atomic E-state index is 13.6. The Kier molecular flexibility index (Phi) is 5.78. The number of nitrogens with one attached hydrogen (secondary N) is 3. The number of anilines is 4. The summed E-state index contributed by atoms with van der Waals surface area (Å²) in [6.45, 7) is 6.43. The second-order valence-corrected chi connectivity index (χ2v) is 9.80. The van der Waals surface area contributed by atoms with Crippen LogP contribution in [0.2, 0.25) is 0 Å². The van der Waals surface area contributed by atoms with Crippen molar-refractivity contribution in [3.05, 3.63) is 53.8 Å². The molecule has 11 heteroatoms. The van der Waals surface area contributed by atoms with E-state index in [4.69, 9.17) is 4.98 Å². The lowest BCUT2D eigenvalue weighted by molar-refractivity contribution is 0.102. The van der Waals surface area contributed by atoms with E-state index >= 15 is 0 Å². The number of fused-ring (bicyclic) bond motifs is 2. The third-order valence-electron chi connectivity index (χ3n) is 6.56. The highest BCUT2D eigenvalue weighted by Crippen LogP contribution is 2.30. The van der Waals surface area contributed by atoms with E-state index in [1.54, 1.807) is 17.5 Å². The first-order valence-electron chi connectivity index (χ1n) is 12.0. The van der Waals surface area contributed by atoms with Crippen LogP contribution in [-0.4, -0.2) is 68.5 Å². The van der Waals surface area contributed by atoms with Crippen LogP contribution in [0.25, 0.3) is 21.3 Å². The summed E-state index contributed by atoms with van der Waals surface area (Å²) in [5, 5.41) is 6.35. The zero-order chi connectivity index (χ0) is 24.6. The number of benzene rings is 2. The summed E-state index contributed by atoms with van der Waals surface area (Å²) in [6, 6.07) is 9.69. The predicted octanol–water partition coefficient (Wildman–Crippen LogP) is 4.14. The Morgan fingerprint density at radius 3 is 2.81 bits per heavy atom. The van der Waals surface area contributed by atoms with Crippen LogP contribution in [0.3, 0.4) is 0 Å². The van der Waals surface area contributed by atoms with Gasteiger partial charge in [0.2, 0.25) is 11.9 Å². The van der Waals surface area contributed by atoms with Gasteiger partial charge in [0.25, 0.3) is 5.91 Å². The molecule has 4 heterocycles. The van der Waals surface area contributed by atoms with Crippen LogP contribution < -0.4 is 15.5 Å². The van der Waals surface area contributed by atoms with Crippen molar-refractivity contribution < 1.29 is 4.79 Å². The van der Waals surface area contributed by atoms with E-state index in [1.807, 2.05) is 46.6 Å². The summed E-state index contributed by atoms with van der Waals surface area (Å²) in [5.41, 5.74) is 6.57. The number of rotatable bonds is 6. The number of nitrogens with zero attached hydrogens (tertiary/aromatic N) is 6. The monoisotopic (exact) mass is 501 g/mol. The normalized spacial score (nSPS) is 14.6. The Balaban J connectivity index is 1.36. The van der Waals surface area contributed by atoms with E-state index in [1.165, 1.54) is 0 Å². The molecule has 1 saturated heterocycles. The molecule has 2 aromatic carbocycles. The number of piperazine rings is 1. The molecule has 1 fully saturated rings. The van der Waals surface area contributed by atoms with Gasteiger partial charge in [-0.1, -0.05) is 0 Å². The molecular weight excluding hydrogens is 474 g/mol. The zero-order valence-corrected chi connectivity index (χ0v) is 21.0. The van der Waals surface area contributed by atoms with Crippen molar-refractivity contribution in [2.45, 2.75) is 13.5 Å². The topological polar surface area (TPSA) is 107 Å². The summed E-state index contributed by atoms with van der Waals surface area (Å²) < 4.78 is 3.04. The smallest absolute Gasteiger partial charge is 0.257 e. The fourth-order valence-electron chi connectivity index (χ4n) is 4.52. The van der Waals surface area contributed by atoms with Gasteiger partial charge in [0.05, 0.1) is 38.0 Å². The molecule has 1 aliphatic heterocycles. The molecule has 1 amide bonds. The summed E-state index contributed by atoms with van der Waals surface area (Å²) in [6.07, 6.45) is 3.68. The third kappa shape index (κ3) is 4.27. The standard InChI is InChI=1S/C25H27N9OS/c1-3-33-7-6-26-25(33)31-24-29-19-13-17(21(14-20(19)30-24)34-10-8-32(2)9-11-34)23(35)28-16-4-5-18-22(12-16)36-15-27-18/h4-7,12-15H,3,8-11H2,1-2H3,(H,28,35)(H2,26,29,30,31). The number of carbonyl (C=O) groups is 1. The summed E-state index contributed by atoms with van der Waals surface area (Å²) >= 11 is 1.56. The lowest BCUT2D eigenvalue weighted by Crippen LogP contribution is -2.45. The first kappa shape index (κ1) is 22.5. The molecule has 3 aromatic heterocycles. The number of H-pyrrole nitrogens is 1. The minimum absolute atomic E-state index is 0.152. The molecule has 0 radical (unpaired) electrons. The van der Waals surface area contributed by atoms with Crippen LogP contribution in [-0.2, 0) is 6.54 Å². The molecule has 184 valence electrons. The van der Waals surface area contributed by atoms with E-state index in [0.29, 0.717) is 17.5 Å². The largest absolute Gasteiger partial charge is 0.368 e. The Labute approximate surface area is 212 Å². The molecule has 5 aromatic rings. The Hall–Kier alpha value is -3.96. The molecule has 0 aliphatic carbocycles. The van der Waals surface area contributed by atoms with Crippen LogP contribution in [0.4, 0.5) is 23.3 Å². The zero-order valence-electron chi connectivity index (χ0n) is 20.2. The molecule has 0 atom stereocenters. The minimum atomic E-state index is -0.152. The van der Waals surface area contributed by atoms with Gasteiger partial charge < -0.3 is 24.7 Å². The number of carbonyl (C=O) groups excluding carboxylic acids is 1. The summed E-state index contributed by atoms with van der Waals surface area (Å²) in [4.78, 5) is 34.9. The summed E-state index contributed by atoms with van der Waals surface area (Å²) in [5.74, 6) is 1.15. The number of hydrogen-bond donors (Lipinski definition) is 3. The highest BCUT2D eigenvalue weighted by molar-refractivity contribution is 7.16. The quantitative estimate of drug-likeness (QED) is 0.321. The third-order valence-corrected chi connectivity index (χ3v) is 7.36. The van der Waals surface area contributed by atoms with Crippen molar-refractivity contribution in [1.29, 1.82) is 0 Å². The highest BCUT2D eigenvalue weighted by Gasteiger charge is 2.23. The average Bonchev–Trinajstić information content (AvgIpc) is 3.62. The van der Waals surface area contributed by atoms with E-state index in [-0.39, 0.29) is 5.91 Å². The van der Waals surface area contributed by atoms with Gasteiger partial charge >= 0.3 is 0 Å². The minimum Gasteiger partial charge on any atom is -0.368 e. The van der Waals surface area contributed by atoms with Crippen LogP contribution >= 0.6 is 11.3 Å². The van der Waals surface area contributed by atoms with E-state index in [9.17, 15) is 4.79 Å². The van der Waals surface area contributed by atoms with E-state index < -0.39 is 0 Å². The van der Waals surface area contributed by atoms with Crippen LogP contribution in [0.5, 0.6) is 0 Å². The second-order valence-electron chi connectivity index (χ2n) is 8.91. The maximum Gasteiger partial charge on any atom is 0.257 e. The molecule has 6 rings (SSSR count). The van der Waals surface area contributed by atoms with Crippen molar-refractivity contribution >= 4 is 61.8 Å². The Bertz CT molecular complexity index is 1540. The molecule has 0 spiro atoms. The lowest BCUT2D eigenvalue weighted by Gasteiger charge is -2.35. The van der Waals surface area contributed by atoms with Crippen molar-refractivity contribution in [3.8, 4) is 0 Å². The van der Waals surface area contributed by atoms with Crippen LogP contribution in [0, 0.1) is 0 Å². The molecule has 1 aliphatic rings. The SMILES string of the molecule is CCn1ccnc1Nc1nc2cc(N3CCN(C)CC3)c(C(=O)Nc3ccc4ncsc4c3)cc2[nH]1. The molecular formula is C25H27N9OS. The molecule has 0 saturated carbocycles. The Morgan fingerprint density at radius 2 is 1.97 bits per heavy atom. The number of hydrogen-bond acceptors (Lipinski definition) is 8. The van der Waals surface area contributed by atoms with E-state index in [0.717, 1.165) is 65.3 Å². The maximum atomic E-state index is 13.6. The van der Waals surface area contributed by atoms with Crippen molar-refractivity contribution in [1.82, 2.24) is 29.4 Å². The second kappa shape index (κ2) is 9.25. The molecule has 0 bridgehead atoms. The van der Waals surface area contributed by atoms with E-state index in [2.05, 4.69) is 49.4 Å². The first-order chi connectivity index (χ1) is 17.6. The highest BCUT2D eigenvalue weighted by atomic mass is 32.1. The molecule has 36 heavy (non-hydrogen) atoms. The van der Waals surface area contributed by atoms with Crippen molar-refractivity contribution in [2.24, 2.45) is 0 Å². The van der Waals surface area contributed by atoms with Gasteiger partial charge in [0.1, 0.15) is 0 Å². The fraction of sp³-hybridized carbons (Fsp3) is 0.280. The van der Waals surface area contributed by atoms with Crippen molar-refractivity contribution in [2.75, 3.05) is 48.8 Å². The van der Waals surface area contributed by atoms with Gasteiger partial charge in [-0.25, -0.2) is 15.0 Å². The van der Waals surface area contributed by atoms with Crippen molar-refractivity contribution in [3.63, 3.8) is 0 Å². The van der Waals surface area contributed by atoms with Gasteiger partial charge in [-0.2, -0.15) is 0 Å². The molecule has 0 unspecified atom stereocenters. The van der Waals surface area contributed by atoms with Crippen LogP contribution in [0.15, 0.2) is 48.2 Å². The number of likely N-dealkylation sites (N-methyl/N-ethyl adjacent to an activating group) is 1. The first-order valence-corrected chi connectivity index (χ1v) is 12.9. The average molecular weight is 502 g/mol.